The molecule has 1 heterocycles. The largest absolute Gasteiger partial charge is 0.336 e. The van der Waals surface area contributed by atoms with E-state index in [9.17, 15) is 9.59 Å². The molecule has 1 aliphatic heterocycles. The van der Waals surface area contributed by atoms with Gasteiger partial charge in [0.05, 0.1) is 6.54 Å². The molecule has 4 heteroatoms. The minimum Gasteiger partial charge on any atom is -0.336 e. The second-order valence-electron chi connectivity index (χ2n) is 6.10. The molecular weight excluding hydrogens is 240 g/mol. The lowest BCUT2D eigenvalue weighted by Crippen LogP contribution is -2.54. The molecule has 2 amide bonds. The van der Waals surface area contributed by atoms with Crippen LogP contribution in [-0.2, 0) is 9.59 Å². The lowest BCUT2D eigenvalue weighted by molar-refractivity contribution is -0.148. The van der Waals surface area contributed by atoms with E-state index in [0.29, 0.717) is 12.6 Å². The summed E-state index contributed by atoms with van der Waals surface area (Å²) in [4.78, 5) is 28.2. The average molecular weight is 262 g/mol. The molecule has 3 aliphatic rings. The first kappa shape index (κ1) is 12.7. The third-order valence-electron chi connectivity index (χ3n) is 4.60. The molecule has 2 saturated carbocycles. The number of nitrogens with zero attached hydrogens (tertiary/aromatic N) is 2. The summed E-state index contributed by atoms with van der Waals surface area (Å²) in [6.45, 7) is 5.73. The van der Waals surface area contributed by atoms with Gasteiger partial charge in [-0.15, -0.1) is 0 Å². The van der Waals surface area contributed by atoms with E-state index < -0.39 is 0 Å². The maximum absolute atomic E-state index is 12.4. The highest BCUT2D eigenvalue weighted by Crippen LogP contribution is 2.31. The number of hydrogen-bond donors (Lipinski definition) is 0. The van der Waals surface area contributed by atoms with Gasteiger partial charge in [-0.1, -0.05) is 12.2 Å². The molecule has 0 bridgehead atoms. The molecule has 1 saturated heterocycles. The van der Waals surface area contributed by atoms with Crippen LogP contribution in [0.4, 0.5) is 0 Å². The maximum Gasteiger partial charge on any atom is 0.242 e. The van der Waals surface area contributed by atoms with Gasteiger partial charge in [-0.25, -0.2) is 0 Å². The molecule has 104 valence electrons. The number of rotatable bonds is 2. The van der Waals surface area contributed by atoms with Gasteiger partial charge in [-0.05, 0) is 38.5 Å². The number of piperazine rings is 1. The summed E-state index contributed by atoms with van der Waals surface area (Å²) >= 11 is 0. The van der Waals surface area contributed by atoms with Crippen LogP contribution in [0, 0.1) is 5.92 Å². The Kier molecular flexibility index (Phi) is 3.33. The fraction of sp³-hybridized carbons (Fsp3) is 0.733. The second-order valence-corrected chi connectivity index (χ2v) is 6.10. The minimum atomic E-state index is 0.116. The highest BCUT2D eigenvalue weighted by Gasteiger charge is 2.38. The molecule has 0 unspecified atom stereocenters. The summed E-state index contributed by atoms with van der Waals surface area (Å²) in [5.74, 6) is 0.449. The zero-order chi connectivity index (χ0) is 13.4. The molecule has 3 fully saturated rings. The van der Waals surface area contributed by atoms with Crippen molar-refractivity contribution in [3.05, 3.63) is 12.2 Å². The van der Waals surface area contributed by atoms with Crippen molar-refractivity contribution in [2.45, 2.75) is 44.6 Å². The summed E-state index contributed by atoms with van der Waals surface area (Å²) in [6, 6.07) is 0.475. The van der Waals surface area contributed by atoms with Gasteiger partial charge >= 0.3 is 0 Å². The molecule has 19 heavy (non-hydrogen) atoms. The van der Waals surface area contributed by atoms with E-state index in [1.165, 1.54) is 5.57 Å². The van der Waals surface area contributed by atoms with Crippen LogP contribution in [0.3, 0.4) is 0 Å². The molecule has 3 rings (SSSR count). The van der Waals surface area contributed by atoms with E-state index in [1.54, 1.807) is 4.90 Å². The van der Waals surface area contributed by atoms with E-state index in [2.05, 4.69) is 6.58 Å². The van der Waals surface area contributed by atoms with Crippen molar-refractivity contribution in [2.75, 3.05) is 19.6 Å². The standard InChI is InChI=1S/C15H22N2O2/c1-11-2-4-12(5-3-11)15(19)16-8-9-17(13-6-7-13)14(18)10-16/h12-13H,1-10H2. The summed E-state index contributed by atoms with van der Waals surface area (Å²) < 4.78 is 0. The third kappa shape index (κ3) is 2.67. The lowest BCUT2D eigenvalue weighted by atomic mass is 9.85. The molecular formula is C15H22N2O2. The predicted octanol–water partition coefficient (Wildman–Crippen LogP) is 1.57. The van der Waals surface area contributed by atoms with Crippen LogP contribution >= 0.6 is 0 Å². The SMILES string of the molecule is C=C1CCC(C(=O)N2CCN(C3CC3)C(=O)C2)CC1. The van der Waals surface area contributed by atoms with Crippen LogP contribution in [0.1, 0.15) is 38.5 Å². The molecule has 0 N–H and O–H groups in total. The third-order valence-corrected chi connectivity index (χ3v) is 4.60. The number of carbonyl (C=O) groups is 2. The monoisotopic (exact) mass is 262 g/mol. The molecule has 0 aromatic heterocycles. The zero-order valence-electron chi connectivity index (χ0n) is 11.4. The Morgan fingerprint density at radius 1 is 1.11 bits per heavy atom. The molecule has 0 aromatic carbocycles. The van der Waals surface area contributed by atoms with Gasteiger partial charge < -0.3 is 9.80 Å². The Balaban J connectivity index is 1.56. The summed E-state index contributed by atoms with van der Waals surface area (Å²) in [5, 5.41) is 0. The normalized spacial score (nSPS) is 25.9. The quantitative estimate of drug-likeness (QED) is 0.709. The van der Waals surface area contributed by atoms with E-state index in [-0.39, 0.29) is 17.7 Å². The highest BCUT2D eigenvalue weighted by atomic mass is 16.2. The molecule has 0 aromatic rings. The van der Waals surface area contributed by atoms with Crippen molar-refractivity contribution >= 4 is 11.8 Å². The molecule has 2 aliphatic carbocycles. The topological polar surface area (TPSA) is 40.6 Å². The van der Waals surface area contributed by atoms with Crippen molar-refractivity contribution < 1.29 is 9.59 Å². The number of hydrogen-bond acceptors (Lipinski definition) is 2. The molecule has 4 nitrogen and oxygen atoms in total. The van der Waals surface area contributed by atoms with E-state index in [4.69, 9.17) is 0 Å². The van der Waals surface area contributed by atoms with Crippen molar-refractivity contribution in [2.24, 2.45) is 5.92 Å². The Morgan fingerprint density at radius 2 is 1.79 bits per heavy atom. The number of carbonyl (C=O) groups excluding carboxylic acids is 2. The van der Waals surface area contributed by atoms with Crippen LogP contribution in [-0.4, -0.2) is 47.3 Å². The van der Waals surface area contributed by atoms with Crippen LogP contribution in [0.25, 0.3) is 0 Å². The molecule has 0 atom stereocenters. The van der Waals surface area contributed by atoms with Gasteiger partial charge in [-0.2, -0.15) is 0 Å². The number of allylic oxidation sites excluding steroid dienone is 1. The van der Waals surface area contributed by atoms with E-state index in [1.807, 2.05) is 4.90 Å². The van der Waals surface area contributed by atoms with Crippen molar-refractivity contribution in [1.29, 1.82) is 0 Å². The fourth-order valence-electron chi connectivity index (χ4n) is 3.18. The average Bonchev–Trinajstić information content (AvgIpc) is 3.23. The van der Waals surface area contributed by atoms with Crippen molar-refractivity contribution in [1.82, 2.24) is 9.80 Å². The van der Waals surface area contributed by atoms with Gasteiger partial charge in [0.1, 0.15) is 0 Å². The smallest absolute Gasteiger partial charge is 0.242 e. The van der Waals surface area contributed by atoms with Gasteiger partial charge in [-0.3, -0.25) is 9.59 Å². The first-order valence-electron chi connectivity index (χ1n) is 7.40. The second kappa shape index (κ2) is 4.99. The zero-order valence-corrected chi connectivity index (χ0v) is 11.4. The van der Waals surface area contributed by atoms with Gasteiger partial charge in [0.15, 0.2) is 0 Å². The summed E-state index contributed by atoms with van der Waals surface area (Å²) in [5.41, 5.74) is 1.26. The molecule has 0 radical (unpaired) electrons. The lowest BCUT2D eigenvalue weighted by Gasteiger charge is -2.37. The Labute approximate surface area is 114 Å². The summed E-state index contributed by atoms with van der Waals surface area (Å²) in [7, 11) is 0. The van der Waals surface area contributed by atoms with Crippen molar-refractivity contribution in [3.63, 3.8) is 0 Å². The van der Waals surface area contributed by atoms with Crippen LogP contribution in [0.2, 0.25) is 0 Å². The Bertz CT molecular complexity index is 404. The molecule has 0 spiro atoms. The van der Waals surface area contributed by atoms with Crippen molar-refractivity contribution in [3.8, 4) is 0 Å². The fourth-order valence-corrected chi connectivity index (χ4v) is 3.18. The van der Waals surface area contributed by atoms with E-state index >= 15 is 0 Å². The minimum absolute atomic E-state index is 0.116. The Morgan fingerprint density at radius 3 is 2.37 bits per heavy atom. The Hall–Kier alpha value is -1.32. The number of amides is 2. The van der Waals surface area contributed by atoms with Crippen LogP contribution in [0.5, 0.6) is 0 Å². The van der Waals surface area contributed by atoms with Gasteiger partial charge in [0.25, 0.3) is 0 Å². The van der Waals surface area contributed by atoms with E-state index in [0.717, 1.165) is 51.6 Å². The maximum atomic E-state index is 12.4. The first-order valence-corrected chi connectivity index (χ1v) is 7.40. The highest BCUT2D eigenvalue weighted by molar-refractivity contribution is 5.87. The van der Waals surface area contributed by atoms with Crippen LogP contribution < -0.4 is 0 Å². The predicted molar refractivity (Wildman–Crippen MR) is 72.4 cm³/mol. The van der Waals surface area contributed by atoms with Gasteiger partial charge in [0.2, 0.25) is 11.8 Å². The summed E-state index contributed by atoms with van der Waals surface area (Å²) in [6.07, 6.45) is 6.04. The first-order chi connectivity index (χ1) is 9.15. The van der Waals surface area contributed by atoms with Crippen LogP contribution in [0.15, 0.2) is 12.2 Å². The van der Waals surface area contributed by atoms with Gasteiger partial charge in [0, 0.05) is 25.0 Å².